The van der Waals surface area contributed by atoms with E-state index in [2.05, 4.69) is 15.6 Å². The number of urea groups is 1. The first-order valence-electron chi connectivity index (χ1n) is 8.05. The first-order chi connectivity index (χ1) is 12.2. The average Bonchev–Trinajstić information content (AvgIpc) is 3.04. The second-order valence-corrected chi connectivity index (χ2v) is 5.43. The smallest absolute Gasteiger partial charge is 0.325 e. The van der Waals surface area contributed by atoms with Crippen molar-refractivity contribution in [2.45, 2.75) is 6.92 Å². The highest BCUT2D eigenvalue weighted by molar-refractivity contribution is 5.97. The summed E-state index contributed by atoms with van der Waals surface area (Å²) in [7, 11) is 0. The van der Waals surface area contributed by atoms with Crippen molar-refractivity contribution in [2.24, 2.45) is 0 Å². The lowest BCUT2D eigenvalue weighted by Crippen LogP contribution is -2.34. The highest BCUT2D eigenvalue weighted by Crippen LogP contribution is 2.29. The van der Waals surface area contributed by atoms with Gasteiger partial charge in [-0.25, -0.2) is 4.79 Å². The fourth-order valence-electron chi connectivity index (χ4n) is 2.58. The largest absolute Gasteiger partial charge is 0.465 e. The minimum absolute atomic E-state index is 0.172. The first kappa shape index (κ1) is 16.6. The van der Waals surface area contributed by atoms with Crippen molar-refractivity contribution in [3.8, 4) is 11.3 Å². The minimum atomic E-state index is -0.471. The number of ether oxygens (including phenoxy) is 1. The Morgan fingerprint density at radius 1 is 1.08 bits per heavy atom. The van der Waals surface area contributed by atoms with E-state index < -0.39 is 12.0 Å². The quantitative estimate of drug-likeness (QED) is 0.623. The van der Waals surface area contributed by atoms with Gasteiger partial charge in [-0.2, -0.15) is 0 Å². The number of rotatable bonds is 5. The second-order valence-electron chi connectivity index (χ2n) is 5.43. The van der Waals surface area contributed by atoms with E-state index in [0.29, 0.717) is 5.69 Å². The normalized spacial score (nSPS) is 10.4. The zero-order valence-electron chi connectivity index (χ0n) is 13.8. The molecule has 25 heavy (non-hydrogen) atoms. The SMILES string of the molecule is CCOC(=O)CNC(=O)Nc1ccccc1-c1cc2ccccc2[nH]1. The number of para-hydroxylation sites is 2. The molecule has 2 amide bonds. The molecule has 3 N–H and O–H groups in total. The van der Waals surface area contributed by atoms with Crippen LogP contribution < -0.4 is 10.6 Å². The van der Waals surface area contributed by atoms with Gasteiger partial charge in [0.15, 0.2) is 0 Å². The van der Waals surface area contributed by atoms with Gasteiger partial charge in [-0.3, -0.25) is 4.79 Å². The predicted molar refractivity (Wildman–Crippen MR) is 97.4 cm³/mol. The molecule has 6 nitrogen and oxygen atoms in total. The number of hydrogen-bond donors (Lipinski definition) is 3. The molecule has 1 aromatic heterocycles. The van der Waals surface area contributed by atoms with Gasteiger partial charge in [-0.1, -0.05) is 36.4 Å². The number of esters is 1. The van der Waals surface area contributed by atoms with E-state index in [-0.39, 0.29) is 13.2 Å². The molecule has 0 unspecified atom stereocenters. The van der Waals surface area contributed by atoms with E-state index in [1.807, 2.05) is 54.6 Å². The van der Waals surface area contributed by atoms with E-state index >= 15 is 0 Å². The Bertz CT molecular complexity index is 869. The third kappa shape index (κ3) is 3.98. The molecule has 0 atom stereocenters. The lowest BCUT2D eigenvalue weighted by atomic mass is 10.1. The molecule has 0 fully saturated rings. The monoisotopic (exact) mass is 337 g/mol. The Hall–Kier alpha value is -3.28. The van der Waals surface area contributed by atoms with Crippen LogP contribution in [0.4, 0.5) is 10.5 Å². The molecule has 3 aromatic rings. The summed E-state index contributed by atoms with van der Waals surface area (Å²) in [5.41, 5.74) is 3.45. The van der Waals surface area contributed by atoms with Gasteiger partial charge < -0.3 is 20.4 Å². The van der Waals surface area contributed by atoms with Crippen LogP contribution >= 0.6 is 0 Å². The summed E-state index contributed by atoms with van der Waals surface area (Å²) in [4.78, 5) is 26.7. The molecule has 128 valence electrons. The second kappa shape index (κ2) is 7.53. The van der Waals surface area contributed by atoms with Crippen molar-refractivity contribution in [1.29, 1.82) is 0 Å². The summed E-state index contributed by atoms with van der Waals surface area (Å²) in [6, 6.07) is 17.0. The van der Waals surface area contributed by atoms with E-state index in [1.54, 1.807) is 6.92 Å². The lowest BCUT2D eigenvalue weighted by molar-refractivity contribution is -0.141. The average molecular weight is 337 g/mol. The number of amides is 2. The molecule has 0 aliphatic heterocycles. The van der Waals surface area contributed by atoms with Gasteiger partial charge in [0.1, 0.15) is 6.54 Å². The van der Waals surface area contributed by atoms with Crippen molar-refractivity contribution in [1.82, 2.24) is 10.3 Å². The number of nitrogens with one attached hydrogen (secondary N) is 3. The van der Waals surface area contributed by atoms with Gasteiger partial charge in [0, 0.05) is 22.2 Å². The lowest BCUT2D eigenvalue weighted by Gasteiger charge is -2.11. The molecular formula is C19H19N3O3. The maximum absolute atomic E-state index is 12.0. The van der Waals surface area contributed by atoms with Gasteiger partial charge in [-0.05, 0) is 25.1 Å². The van der Waals surface area contributed by atoms with Crippen LogP contribution in [0.15, 0.2) is 54.6 Å². The topological polar surface area (TPSA) is 83.2 Å². The van der Waals surface area contributed by atoms with Crippen LogP contribution in [0.1, 0.15) is 6.92 Å². The standard InChI is InChI=1S/C19H19N3O3/c1-2-25-18(23)12-20-19(24)22-16-10-6-4-8-14(16)17-11-13-7-3-5-9-15(13)21-17/h3-11,21H,2,12H2,1H3,(H2,20,22,24). The van der Waals surface area contributed by atoms with Crippen LogP contribution in [-0.4, -0.2) is 30.1 Å². The molecule has 0 saturated carbocycles. The zero-order valence-corrected chi connectivity index (χ0v) is 13.8. The molecule has 0 spiro atoms. The van der Waals surface area contributed by atoms with E-state index in [4.69, 9.17) is 4.74 Å². The summed E-state index contributed by atoms with van der Waals surface area (Å²) >= 11 is 0. The van der Waals surface area contributed by atoms with Crippen LogP contribution in [0.25, 0.3) is 22.2 Å². The van der Waals surface area contributed by atoms with Crippen molar-refractivity contribution in [3.05, 3.63) is 54.6 Å². The molecule has 0 bridgehead atoms. The maximum atomic E-state index is 12.0. The molecule has 1 heterocycles. The maximum Gasteiger partial charge on any atom is 0.325 e. The number of hydrogen-bond acceptors (Lipinski definition) is 3. The minimum Gasteiger partial charge on any atom is -0.465 e. The Morgan fingerprint density at radius 3 is 2.64 bits per heavy atom. The van der Waals surface area contributed by atoms with Crippen molar-refractivity contribution >= 4 is 28.6 Å². The molecule has 2 aromatic carbocycles. The number of carbonyl (C=O) groups is 2. The van der Waals surface area contributed by atoms with Crippen molar-refractivity contribution in [3.63, 3.8) is 0 Å². The number of fused-ring (bicyclic) bond motifs is 1. The molecule has 0 aliphatic carbocycles. The van der Waals surface area contributed by atoms with Gasteiger partial charge in [-0.15, -0.1) is 0 Å². The number of H-pyrrole nitrogens is 1. The summed E-state index contributed by atoms with van der Waals surface area (Å²) in [6.07, 6.45) is 0. The molecule has 6 heteroatoms. The van der Waals surface area contributed by atoms with Crippen LogP contribution in [0.3, 0.4) is 0 Å². The molecule has 0 saturated heterocycles. The Kier molecular flexibility index (Phi) is 4.99. The molecule has 3 rings (SSSR count). The van der Waals surface area contributed by atoms with E-state index in [1.165, 1.54) is 0 Å². The third-order valence-corrected chi connectivity index (χ3v) is 3.69. The van der Waals surface area contributed by atoms with Crippen LogP contribution in [0, 0.1) is 0 Å². The Morgan fingerprint density at radius 2 is 1.84 bits per heavy atom. The predicted octanol–water partition coefficient (Wildman–Crippen LogP) is 3.52. The number of aromatic nitrogens is 1. The summed E-state index contributed by atoms with van der Waals surface area (Å²) in [5, 5.41) is 6.36. The first-order valence-corrected chi connectivity index (χ1v) is 8.05. The van der Waals surface area contributed by atoms with Gasteiger partial charge in [0.05, 0.1) is 12.3 Å². The van der Waals surface area contributed by atoms with Crippen LogP contribution in [0.5, 0.6) is 0 Å². The fraction of sp³-hybridized carbons (Fsp3) is 0.158. The number of carbonyl (C=O) groups excluding carboxylic acids is 2. The van der Waals surface area contributed by atoms with Crippen molar-refractivity contribution in [2.75, 3.05) is 18.5 Å². The van der Waals surface area contributed by atoms with E-state index in [9.17, 15) is 9.59 Å². The van der Waals surface area contributed by atoms with Crippen LogP contribution in [0.2, 0.25) is 0 Å². The highest BCUT2D eigenvalue weighted by Gasteiger charge is 2.11. The third-order valence-electron chi connectivity index (χ3n) is 3.69. The Labute approximate surface area is 145 Å². The highest BCUT2D eigenvalue weighted by atomic mass is 16.5. The molecule has 0 aliphatic rings. The fourth-order valence-corrected chi connectivity index (χ4v) is 2.58. The van der Waals surface area contributed by atoms with Gasteiger partial charge in [0.2, 0.25) is 0 Å². The van der Waals surface area contributed by atoms with Crippen molar-refractivity contribution < 1.29 is 14.3 Å². The zero-order chi connectivity index (χ0) is 17.6. The number of aromatic amines is 1. The van der Waals surface area contributed by atoms with Gasteiger partial charge in [0.25, 0.3) is 0 Å². The van der Waals surface area contributed by atoms with E-state index in [0.717, 1.165) is 22.2 Å². The Balaban J connectivity index is 1.77. The number of anilines is 1. The summed E-state index contributed by atoms with van der Waals surface area (Å²) in [5.74, 6) is -0.471. The number of benzene rings is 2. The van der Waals surface area contributed by atoms with Crippen LogP contribution in [-0.2, 0) is 9.53 Å². The summed E-state index contributed by atoms with van der Waals surface area (Å²) < 4.78 is 4.78. The summed E-state index contributed by atoms with van der Waals surface area (Å²) in [6.45, 7) is 1.83. The molecular weight excluding hydrogens is 318 g/mol. The van der Waals surface area contributed by atoms with Gasteiger partial charge >= 0.3 is 12.0 Å². The molecule has 0 radical (unpaired) electrons.